The normalized spacial score (nSPS) is 21.9. The smallest absolute Gasteiger partial charge is 0.135 e. The van der Waals surface area contributed by atoms with Gasteiger partial charge in [-0.15, -0.1) is 0 Å². The highest BCUT2D eigenvalue weighted by Gasteiger charge is 2.30. The largest absolute Gasteiger partial charge is 0.497 e. The van der Waals surface area contributed by atoms with Crippen molar-refractivity contribution in [1.82, 2.24) is 0 Å². The fourth-order valence-electron chi connectivity index (χ4n) is 3.71. The molecular formula is C22H24O6. The highest BCUT2D eigenvalue weighted by molar-refractivity contribution is 6.01. The maximum Gasteiger partial charge on any atom is 0.135 e. The summed E-state index contributed by atoms with van der Waals surface area (Å²) in [5.74, 6) is 3.17. The summed E-state index contributed by atoms with van der Waals surface area (Å²) in [5.41, 5.74) is 2.32. The van der Waals surface area contributed by atoms with Crippen LogP contribution in [0.15, 0.2) is 24.3 Å². The second-order valence-electron chi connectivity index (χ2n) is 7.28. The van der Waals surface area contributed by atoms with Gasteiger partial charge < -0.3 is 28.4 Å². The van der Waals surface area contributed by atoms with Crippen molar-refractivity contribution in [2.75, 3.05) is 40.6 Å². The molecule has 6 heteroatoms. The Balaban J connectivity index is 1.72. The van der Waals surface area contributed by atoms with Gasteiger partial charge >= 0.3 is 0 Å². The topological polar surface area (TPSA) is 62.0 Å². The van der Waals surface area contributed by atoms with Crippen LogP contribution in [0, 0.1) is 0 Å². The first kappa shape index (κ1) is 17.6. The number of rotatable bonds is 8. The third-order valence-corrected chi connectivity index (χ3v) is 5.36. The van der Waals surface area contributed by atoms with Gasteiger partial charge in [-0.25, -0.2) is 0 Å². The first-order valence-electron chi connectivity index (χ1n) is 9.65. The molecule has 2 aromatic carbocycles. The van der Waals surface area contributed by atoms with Crippen molar-refractivity contribution in [1.29, 1.82) is 0 Å². The Hall–Kier alpha value is -2.44. The Morgan fingerprint density at radius 2 is 1.46 bits per heavy atom. The highest BCUT2D eigenvalue weighted by Crippen LogP contribution is 2.48. The van der Waals surface area contributed by atoms with Crippen LogP contribution in [0.3, 0.4) is 0 Å². The Kier molecular flexibility index (Phi) is 4.53. The summed E-state index contributed by atoms with van der Waals surface area (Å²) in [7, 11) is 3.32. The third-order valence-electron chi connectivity index (χ3n) is 5.36. The molecule has 2 aliphatic heterocycles. The number of benzene rings is 2. The number of fused-ring (bicyclic) bond motifs is 2. The maximum absolute atomic E-state index is 6.29. The molecule has 2 aromatic rings. The van der Waals surface area contributed by atoms with Gasteiger partial charge in [0.25, 0.3) is 0 Å². The lowest BCUT2D eigenvalue weighted by molar-refractivity contribution is 0.257. The molecule has 2 atom stereocenters. The van der Waals surface area contributed by atoms with Crippen LogP contribution in [0.1, 0.15) is 11.1 Å². The number of methoxy groups -OCH3 is 2. The molecule has 2 saturated heterocycles. The van der Waals surface area contributed by atoms with Crippen LogP contribution in [-0.4, -0.2) is 52.9 Å². The van der Waals surface area contributed by atoms with Crippen molar-refractivity contribution in [2.24, 2.45) is 0 Å². The number of hydrogen-bond acceptors (Lipinski definition) is 6. The van der Waals surface area contributed by atoms with Crippen LogP contribution in [0.4, 0.5) is 0 Å². The average Bonchev–Trinajstić information content (AvgIpc) is 3.64. The second-order valence-corrected chi connectivity index (χ2v) is 7.28. The molecule has 2 heterocycles. The van der Waals surface area contributed by atoms with Crippen LogP contribution in [0.2, 0.25) is 0 Å². The van der Waals surface area contributed by atoms with Gasteiger partial charge in [0.2, 0.25) is 0 Å². The minimum absolute atomic E-state index is 0.178. The molecule has 1 aliphatic carbocycles. The lowest BCUT2D eigenvalue weighted by Crippen LogP contribution is -2.13. The van der Waals surface area contributed by atoms with E-state index in [1.54, 1.807) is 14.2 Å². The van der Waals surface area contributed by atoms with Crippen molar-refractivity contribution in [2.45, 2.75) is 25.0 Å². The maximum atomic E-state index is 6.29. The monoisotopic (exact) mass is 384 g/mol. The zero-order chi connectivity index (χ0) is 19.1. The number of ether oxygens (including phenoxy) is 6. The van der Waals surface area contributed by atoms with E-state index in [1.807, 2.05) is 12.1 Å². The molecule has 5 rings (SSSR count). The number of epoxide rings is 2. The van der Waals surface area contributed by atoms with Gasteiger partial charge in [0.05, 0.1) is 32.8 Å². The Morgan fingerprint density at radius 3 is 2.04 bits per heavy atom. The molecule has 0 saturated carbocycles. The quantitative estimate of drug-likeness (QED) is 0.515. The standard InChI is InChI=1S/C22H24O6/c1-23-13-7-18-20(19(8-13)24-2)22(28-12-15-10-26-15)17-6-4-3-5-16(17)21(18)27-11-14-9-25-14/h3-4,7-8,14-15H,5-6,9-12H2,1-2H3. The molecule has 0 bridgehead atoms. The Morgan fingerprint density at radius 1 is 0.857 bits per heavy atom. The van der Waals surface area contributed by atoms with E-state index >= 15 is 0 Å². The fourth-order valence-corrected chi connectivity index (χ4v) is 3.71. The van der Waals surface area contributed by atoms with Crippen molar-refractivity contribution < 1.29 is 28.4 Å². The van der Waals surface area contributed by atoms with Crippen LogP contribution in [0.25, 0.3) is 10.8 Å². The molecule has 28 heavy (non-hydrogen) atoms. The molecule has 0 amide bonds. The summed E-state index contributed by atoms with van der Waals surface area (Å²) in [6.07, 6.45) is 6.33. The molecule has 2 unspecified atom stereocenters. The van der Waals surface area contributed by atoms with Crippen LogP contribution >= 0.6 is 0 Å². The van der Waals surface area contributed by atoms with Gasteiger partial charge in [-0.05, 0) is 18.9 Å². The summed E-state index contributed by atoms with van der Waals surface area (Å²) in [6.45, 7) is 2.60. The van der Waals surface area contributed by atoms with E-state index in [0.29, 0.717) is 19.0 Å². The zero-order valence-corrected chi connectivity index (χ0v) is 16.2. The third kappa shape index (κ3) is 3.27. The lowest BCUT2D eigenvalue weighted by Gasteiger charge is -2.24. The summed E-state index contributed by atoms with van der Waals surface area (Å²) >= 11 is 0. The van der Waals surface area contributed by atoms with Gasteiger partial charge in [-0.1, -0.05) is 12.2 Å². The van der Waals surface area contributed by atoms with Gasteiger partial charge in [-0.2, -0.15) is 0 Å². The summed E-state index contributed by atoms with van der Waals surface area (Å²) in [4.78, 5) is 0. The zero-order valence-electron chi connectivity index (χ0n) is 16.2. The van der Waals surface area contributed by atoms with E-state index in [9.17, 15) is 0 Å². The van der Waals surface area contributed by atoms with Crippen LogP contribution in [-0.2, 0) is 22.3 Å². The Labute approximate surface area is 163 Å². The lowest BCUT2D eigenvalue weighted by atomic mass is 9.90. The summed E-state index contributed by atoms with van der Waals surface area (Å²) < 4.78 is 34.5. The van der Waals surface area contributed by atoms with Gasteiger partial charge in [-0.3, -0.25) is 0 Å². The van der Waals surface area contributed by atoms with Crippen molar-refractivity contribution >= 4 is 10.8 Å². The van der Waals surface area contributed by atoms with E-state index in [1.165, 1.54) is 0 Å². The van der Waals surface area contributed by atoms with Gasteiger partial charge in [0, 0.05) is 22.6 Å². The van der Waals surface area contributed by atoms with Crippen molar-refractivity contribution in [3.05, 3.63) is 35.4 Å². The minimum Gasteiger partial charge on any atom is -0.497 e. The minimum atomic E-state index is 0.178. The molecule has 3 aliphatic rings. The van der Waals surface area contributed by atoms with E-state index in [0.717, 1.165) is 65.2 Å². The number of hydrogen-bond donors (Lipinski definition) is 0. The van der Waals surface area contributed by atoms with Crippen molar-refractivity contribution in [3.63, 3.8) is 0 Å². The van der Waals surface area contributed by atoms with Gasteiger partial charge in [0.1, 0.15) is 48.4 Å². The molecule has 0 N–H and O–H groups in total. The second kappa shape index (κ2) is 7.18. The Bertz CT molecular complexity index is 927. The number of allylic oxidation sites excluding steroid dienone is 2. The molecule has 2 fully saturated rings. The fraction of sp³-hybridized carbons (Fsp3) is 0.455. The molecule has 0 aromatic heterocycles. The van der Waals surface area contributed by atoms with E-state index < -0.39 is 0 Å². The van der Waals surface area contributed by atoms with Gasteiger partial charge in [0.15, 0.2) is 0 Å². The molecular weight excluding hydrogens is 360 g/mol. The van der Waals surface area contributed by atoms with E-state index in [4.69, 9.17) is 28.4 Å². The highest BCUT2D eigenvalue weighted by atomic mass is 16.6. The summed E-state index contributed by atoms with van der Waals surface area (Å²) in [6, 6.07) is 3.89. The SMILES string of the molecule is COc1cc(OC)c2c(OCC3CO3)c3c(c(OCC4CO4)c2c1)CC=CC3. The predicted octanol–water partition coefficient (Wildman–Crippen LogP) is 3.07. The molecule has 0 spiro atoms. The molecule has 0 radical (unpaired) electrons. The average molecular weight is 384 g/mol. The first-order valence-corrected chi connectivity index (χ1v) is 9.65. The molecule has 148 valence electrons. The van der Waals surface area contributed by atoms with E-state index in [2.05, 4.69) is 12.2 Å². The first-order chi connectivity index (χ1) is 13.8. The van der Waals surface area contributed by atoms with Crippen LogP contribution < -0.4 is 18.9 Å². The predicted molar refractivity (Wildman–Crippen MR) is 104 cm³/mol. The van der Waals surface area contributed by atoms with E-state index in [-0.39, 0.29) is 12.2 Å². The molecule has 6 nitrogen and oxygen atoms in total. The van der Waals surface area contributed by atoms with Crippen LogP contribution in [0.5, 0.6) is 23.0 Å². The summed E-state index contributed by atoms with van der Waals surface area (Å²) in [5, 5.41) is 1.86. The van der Waals surface area contributed by atoms with Crippen molar-refractivity contribution in [3.8, 4) is 23.0 Å².